The fraction of sp³-hybridized carbons (Fsp3) is 0.692. The highest BCUT2D eigenvalue weighted by Gasteiger charge is 2.14. The first kappa shape index (κ1) is 14.6. The van der Waals surface area contributed by atoms with Gasteiger partial charge >= 0.3 is 0 Å². The zero-order valence-corrected chi connectivity index (χ0v) is 11.3. The standard InChI is InChI=1S/C13H23ClN2O/c1-2-3-4-5-6-7-8-12(16-15)11-9-10-17-13(11)14/h9-10,12,16H,2-8,15H2,1H3. The van der Waals surface area contributed by atoms with Gasteiger partial charge in [-0.3, -0.25) is 11.3 Å². The van der Waals surface area contributed by atoms with Crippen LogP contribution in [0.5, 0.6) is 0 Å². The second kappa shape index (κ2) is 8.56. The smallest absolute Gasteiger partial charge is 0.197 e. The molecular formula is C13H23ClN2O. The molecule has 0 bridgehead atoms. The number of hydrazine groups is 1. The molecule has 1 unspecified atom stereocenters. The van der Waals surface area contributed by atoms with Gasteiger partial charge in [-0.05, 0) is 24.1 Å². The van der Waals surface area contributed by atoms with Crippen LogP contribution in [0.4, 0.5) is 0 Å². The van der Waals surface area contributed by atoms with Crippen molar-refractivity contribution in [3.05, 3.63) is 23.1 Å². The van der Waals surface area contributed by atoms with Crippen LogP contribution in [-0.4, -0.2) is 0 Å². The highest BCUT2D eigenvalue weighted by atomic mass is 35.5. The first-order chi connectivity index (χ1) is 8.29. The Hall–Kier alpha value is -0.510. The lowest BCUT2D eigenvalue weighted by molar-refractivity contribution is 0.470. The molecule has 3 nitrogen and oxygen atoms in total. The number of nitrogens with one attached hydrogen (secondary N) is 1. The van der Waals surface area contributed by atoms with Gasteiger partial charge in [0.05, 0.1) is 12.3 Å². The van der Waals surface area contributed by atoms with Crippen molar-refractivity contribution in [2.45, 2.75) is 57.9 Å². The summed E-state index contributed by atoms with van der Waals surface area (Å²) in [6, 6.07) is 1.98. The molecule has 0 aliphatic carbocycles. The molecular weight excluding hydrogens is 236 g/mol. The van der Waals surface area contributed by atoms with Crippen LogP contribution < -0.4 is 11.3 Å². The molecule has 0 aromatic carbocycles. The van der Waals surface area contributed by atoms with E-state index in [9.17, 15) is 0 Å². The molecule has 3 N–H and O–H groups in total. The normalized spacial score (nSPS) is 12.9. The predicted octanol–water partition coefficient (Wildman–Crippen LogP) is 4.19. The third kappa shape index (κ3) is 5.11. The Labute approximate surface area is 109 Å². The quantitative estimate of drug-likeness (QED) is 0.397. The van der Waals surface area contributed by atoms with Gasteiger partial charge in [-0.2, -0.15) is 0 Å². The van der Waals surface area contributed by atoms with E-state index in [0.29, 0.717) is 5.22 Å². The zero-order valence-electron chi connectivity index (χ0n) is 10.5. The predicted molar refractivity (Wildman–Crippen MR) is 71.8 cm³/mol. The number of unbranched alkanes of at least 4 members (excludes halogenated alkanes) is 5. The molecule has 98 valence electrons. The largest absolute Gasteiger partial charge is 0.453 e. The Morgan fingerprint density at radius 3 is 2.59 bits per heavy atom. The van der Waals surface area contributed by atoms with Crippen molar-refractivity contribution in [2.24, 2.45) is 5.84 Å². The van der Waals surface area contributed by atoms with Crippen LogP contribution in [0.2, 0.25) is 5.22 Å². The van der Waals surface area contributed by atoms with Crippen LogP contribution in [0.1, 0.15) is 63.5 Å². The molecule has 0 aliphatic rings. The lowest BCUT2D eigenvalue weighted by Gasteiger charge is -2.14. The molecule has 0 radical (unpaired) electrons. The molecule has 1 aromatic heterocycles. The Morgan fingerprint density at radius 2 is 2.00 bits per heavy atom. The molecule has 0 saturated heterocycles. The van der Waals surface area contributed by atoms with Gasteiger partial charge < -0.3 is 4.42 Å². The lowest BCUT2D eigenvalue weighted by Crippen LogP contribution is -2.27. The van der Waals surface area contributed by atoms with Crippen LogP contribution in [0.25, 0.3) is 0 Å². The Kier molecular flexibility index (Phi) is 7.33. The van der Waals surface area contributed by atoms with E-state index in [1.54, 1.807) is 6.26 Å². The molecule has 0 fully saturated rings. The highest BCUT2D eigenvalue weighted by Crippen LogP contribution is 2.27. The van der Waals surface area contributed by atoms with Gasteiger partial charge in [0.2, 0.25) is 0 Å². The molecule has 0 saturated carbocycles. The summed E-state index contributed by atoms with van der Waals surface area (Å²) in [7, 11) is 0. The first-order valence-electron chi connectivity index (χ1n) is 6.48. The van der Waals surface area contributed by atoms with E-state index in [-0.39, 0.29) is 6.04 Å². The summed E-state index contributed by atoms with van der Waals surface area (Å²) in [5.74, 6) is 5.54. The van der Waals surface area contributed by atoms with Crippen LogP contribution in [-0.2, 0) is 0 Å². The molecule has 1 aromatic rings. The maximum absolute atomic E-state index is 5.93. The second-order valence-electron chi connectivity index (χ2n) is 4.43. The van der Waals surface area contributed by atoms with Crippen LogP contribution in [0.3, 0.4) is 0 Å². The van der Waals surface area contributed by atoms with E-state index >= 15 is 0 Å². The fourth-order valence-electron chi connectivity index (χ4n) is 2.01. The summed E-state index contributed by atoms with van der Waals surface area (Å²) in [6.07, 6.45) is 10.3. The summed E-state index contributed by atoms with van der Waals surface area (Å²) in [6.45, 7) is 2.23. The number of halogens is 1. The minimum Gasteiger partial charge on any atom is -0.453 e. The number of nitrogens with two attached hydrogens (primary N) is 1. The van der Waals surface area contributed by atoms with E-state index in [1.807, 2.05) is 6.07 Å². The van der Waals surface area contributed by atoms with Gasteiger partial charge in [-0.15, -0.1) is 0 Å². The molecule has 0 aliphatic heterocycles. The van der Waals surface area contributed by atoms with Crippen LogP contribution in [0.15, 0.2) is 16.7 Å². The molecule has 1 heterocycles. The first-order valence-corrected chi connectivity index (χ1v) is 6.86. The molecule has 1 rings (SSSR count). The number of hydrogen-bond acceptors (Lipinski definition) is 3. The molecule has 0 amide bonds. The molecule has 4 heteroatoms. The maximum Gasteiger partial charge on any atom is 0.197 e. The van der Waals surface area contributed by atoms with Crippen molar-refractivity contribution in [3.8, 4) is 0 Å². The second-order valence-corrected chi connectivity index (χ2v) is 4.77. The minimum absolute atomic E-state index is 0.104. The topological polar surface area (TPSA) is 51.2 Å². The molecule has 1 atom stereocenters. The van der Waals surface area contributed by atoms with Gasteiger partial charge in [0.15, 0.2) is 5.22 Å². The Bertz CT molecular complexity index is 301. The minimum atomic E-state index is 0.104. The summed E-state index contributed by atoms with van der Waals surface area (Å²) < 4.78 is 5.08. The summed E-state index contributed by atoms with van der Waals surface area (Å²) in [5, 5.41) is 0.443. The van der Waals surface area contributed by atoms with Crippen LogP contribution >= 0.6 is 11.6 Å². The van der Waals surface area contributed by atoms with E-state index < -0.39 is 0 Å². The van der Waals surface area contributed by atoms with Crippen LogP contribution in [0, 0.1) is 0 Å². The number of hydrogen-bond donors (Lipinski definition) is 2. The van der Waals surface area contributed by atoms with E-state index in [1.165, 1.54) is 38.5 Å². The van der Waals surface area contributed by atoms with Crippen molar-refractivity contribution < 1.29 is 4.42 Å². The lowest BCUT2D eigenvalue weighted by atomic mass is 10.0. The molecule has 17 heavy (non-hydrogen) atoms. The van der Waals surface area contributed by atoms with Gasteiger partial charge in [-0.1, -0.05) is 45.4 Å². The van der Waals surface area contributed by atoms with Gasteiger partial charge in [0, 0.05) is 5.56 Å². The van der Waals surface area contributed by atoms with Crippen molar-refractivity contribution in [1.82, 2.24) is 5.43 Å². The van der Waals surface area contributed by atoms with Crippen molar-refractivity contribution in [1.29, 1.82) is 0 Å². The van der Waals surface area contributed by atoms with E-state index in [4.69, 9.17) is 21.9 Å². The summed E-state index contributed by atoms with van der Waals surface area (Å²) in [4.78, 5) is 0. The summed E-state index contributed by atoms with van der Waals surface area (Å²) >= 11 is 5.93. The third-order valence-corrected chi connectivity index (χ3v) is 3.38. The maximum atomic E-state index is 5.93. The van der Waals surface area contributed by atoms with Crippen molar-refractivity contribution in [3.63, 3.8) is 0 Å². The van der Waals surface area contributed by atoms with E-state index in [0.717, 1.165) is 12.0 Å². The zero-order chi connectivity index (χ0) is 12.5. The van der Waals surface area contributed by atoms with Crippen molar-refractivity contribution >= 4 is 11.6 Å². The average Bonchev–Trinajstić information content (AvgIpc) is 2.75. The SMILES string of the molecule is CCCCCCCCC(NN)c1ccoc1Cl. The fourth-order valence-corrected chi connectivity index (χ4v) is 2.26. The Morgan fingerprint density at radius 1 is 1.29 bits per heavy atom. The van der Waals surface area contributed by atoms with Crippen molar-refractivity contribution in [2.75, 3.05) is 0 Å². The van der Waals surface area contributed by atoms with Gasteiger partial charge in [0.1, 0.15) is 0 Å². The summed E-state index contributed by atoms with van der Waals surface area (Å²) in [5.41, 5.74) is 3.76. The number of furan rings is 1. The highest BCUT2D eigenvalue weighted by molar-refractivity contribution is 6.29. The Balaban J connectivity index is 2.22. The average molecular weight is 259 g/mol. The third-order valence-electron chi connectivity index (χ3n) is 3.07. The molecule has 0 spiro atoms. The van der Waals surface area contributed by atoms with E-state index in [2.05, 4.69) is 12.3 Å². The van der Waals surface area contributed by atoms with Gasteiger partial charge in [0.25, 0.3) is 0 Å². The number of rotatable bonds is 9. The monoisotopic (exact) mass is 258 g/mol. The van der Waals surface area contributed by atoms with Gasteiger partial charge in [-0.25, -0.2) is 0 Å².